The molecule has 0 amide bonds. The Bertz CT molecular complexity index is 626. The summed E-state index contributed by atoms with van der Waals surface area (Å²) < 4.78 is 7.24. The first-order valence-electron chi connectivity index (χ1n) is 5.98. The summed E-state index contributed by atoms with van der Waals surface area (Å²) in [5.41, 5.74) is 9.39. The number of benzene rings is 2. The molecule has 1 unspecified atom stereocenters. The van der Waals surface area contributed by atoms with Crippen molar-refractivity contribution >= 4 is 43.5 Å². The third-order valence-corrected chi connectivity index (χ3v) is 4.26. The fourth-order valence-corrected chi connectivity index (χ4v) is 3.77. The van der Waals surface area contributed by atoms with Crippen LogP contribution in [0.4, 0.5) is 0 Å². The number of halogens is 3. The van der Waals surface area contributed by atoms with Crippen molar-refractivity contribution < 1.29 is 4.74 Å². The van der Waals surface area contributed by atoms with E-state index in [4.69, 9.17) is 22.1 Å². The number of hydrogen-bond donors (Lipinski definition) is 1. The third kappa shape index (κ3) is 3.37. The first-order chi connectivity index (χ1) is 9.42. The second-order valence-corrected chi connectivity index (χ2v) is 6.76. The number of nitrogens with two attached hydrogens (primary N) is 1. The summed E-state index contributed by atoms with van der Waals surface area (Å²) in [5, 5.41) is 0.620. The van der Waals surface area contributed by atoms with Crippen LogP contribution >= 0.6 is 43.5 Å². The van der Waals surface area contributed by atoms with Gasteiger partial charge in [0.05, 0.1) is 17.6 Å². The van der Waals surface area contributed by atoms with Crippen molar-refractivity contribution in [2.45, 2.75) is 13.0 Å². The molecule has 0 aliphatic carbocycles. The maximum absolute atomic E-state index is 6.39. The van der Waals surface area contributed by atoms with E-state index >= 15 is 0 Å². The average Bonchev–Trinajstić information content (AvgIpc) is 2.35. The molecule has 5 heteroatoms. The van der Waals surface area contributed by atoms with Crippen LogP contribution in [0.5, 0.6) is 5.75 Å². The zero-order valence-corrected chi connectivity index (χ0v) is 15.0. The molecule has 0 aromatic heterocycles. The fraction of sp³-hybridized carbons (Fsp3) is 0.200. The fourth-order valence-electron chi connectivity index (χ4n) is 2.15. The normalized spacial score (nSPS) is 12.3. The lowest BCUT2D eigenvalue weighted by atomic mass is 9.97. The van der Waals surface area contributed by atoms with Crippen molar-refractivity contribution in [3.05, 3.63) is 61.0 Å². The first kappa shape index (κ1) is 15.8. The second-order valence-electron chi connectivity index (χ2n) is 4.55. The van der Waals surface area contributed by atoms with Gasteiger partial charge in [-0.3, -0.25) is 0 Å². The molecule has 1 atom stereocenters. The minimum atomic E-state index is -0.309. The van der Waals surface area contributed by atoms with Crippen LogP contribution in [-0.2, 0) is 0 Å². The van der Waals surface area contributed by atoms with Crippen LogP contribution in [0.15, 0.2) is 39.3 Å². The van der Waals surface area contributed by atoms with Gasteiger partial charge in [0, 0.05) is 15.1 Å². The molecule has 106 valence electrons. The molecule has 0 heterocycles. The Morgan fingerprint density at radius 1 is 1.15 bits per heavy atom. The molecule has 0 aliphatic heterocycles. The Labute approximate surface area is 140 Å². The number of rotatable bonds is 3. The summed E-state index contributed by atoms with van der Waals surface area (Å²) in [6.45, 7) is 2.03. The van der Waals surface area contributed by atoms with Gasteiger partial charge in [0.2, 0.25) is 0 Å². The van der Waals surface area contributed by atoms with Crippen molar-refractivity contribution in [1.82, 2.24) is 0 Å². The van der Waals surface area contributed by atoms with Crippen LogP contribution in [0, 0.1) is 6.92 Å². The Kier molecular flexibility index (Phi) is 5.13. The Morgan fingerprint density at radius 3 is 2.45 bits per heavy atom. The van der Waals surface area contributed by atoms with Gasteiger partial charge in [0.25, 0.3) is 0 Å². The van der Waals surface area contributed by atoms with Gasteiger partial charge in [-0.25, -0.2) is 0 Å². The van der Waals surface area contributed by atoms with E-state index in [0.29, 0.717) is 10.8 Å². The summed E-state index contributed by atoms with van der Waals surface area (Å²) in [7, 11) is 1.62. The lowest BCUT2D eigenvalue weighted by Crippen LogP contribution is -2.13. The lowest BCUT2D eigenvalue weighted by molar-refractivity contribution is 0.405. The lowest BCUT2D eigenvalue weighted by Gasteiger charge is -2.18. The van der Waals surface area contributed by atoms with E-state index in [1.54, 1.807) is 13.2 Å². The number of methoxy groups -OCH3 is 1. The molecule has 0 radical (unpaired) electrons. The van der Waals surface area contributed by atoms with Gasteiger partial charge < -0.3 is 10.5 Å². The molecule has 20 heavy (non-hydrogen) atoms. The average molecular weight is 420 g/mol. The number of hydrogen-bond acceptors (Lipinski definition) is 2. The van der Waals surface area contributed by atoms with E-state index in [9.17, 15) is 0 Å². The van der Waals surface area contributed by atoms with Crippen molar-refractivity contribution in [3.63, 3.8) is 0 Å². The standard InChI is InChI=1S/C15H14Br2ClNO/c1-8-3-9(5-10(16)4-8)14(19)12-6-11(18)7-13(17)15(12)20-2/h3-7,14H,19H2,1-2H3. The maximum atomic E-state index is 6.39. The SMILES string of the molecule is COc1c(Br)cc(Cl)cc1C(N)c1cc(C)cc(Br)c1. The molecule has 2 aromatic carbocycles. The van der Waals surface area contributed by atoms with E-state index in [1.807, 2.05) is 25.1 Å². The largest absolute Gasteiger partial charge is 0.495 e. The Hall–Kier alpha value is -0.550. The summed E-state index contributed by atoms with van der Waals surface area (Å²) in [4.78, 5) is 0. The molecule has 0 saturated carbocycles. The highest BCUT2D eigenvalue weighted by molar-refractivity contribution is 9.10. The Morgan fingerprint density at radius 2 is 1.85 bits per heavy atom. The second kappa shape index (κ2) is 6.48. The molecular formula is C15H14Br2ClNO. The summed E-state index contributed by atoms with van der Waals surface area (Å²) >= 11 is 13.1. The molecule has 2 aromatic rings. The maximum Gasteiger partial charge on any atom is 0.138 e. The number of ether oxygens (including phenoxy) is 1. The minimum absolute atomic E-state index is 0.309. The summed E-state index contributed by atoms with van der Waals surface area (Å²) in [6, 6.07) is 9.43. The van der Waals surface area contributed by atoms with Crippen LogP contribution in [0.1, 0.15) is 22.7 Å². The van der Waals surface area contributed by atoms with Crippen molar-refractivity contribution in [2.75, 3.05) is 7.11 Å². The third-order valence-electron chi connectivity index (χ3n) is 3.00. The van der Waals surface area contributed by atoms with E-state index < -0.39 is 0 Å². The van der Waals surface area contributed by atoms with Crippen LogP contribution < -0.4 is 10.5 Å². The highest BCUT2D eigenvalue weighted by Crippen LogP contribution is 2.37. The highest BCUT2D eigenvalue weighted by Gasteiger charge is 2.18. The van der Waals surface area contributed by atoms with Gasteiger partial charge in [-0.05, 0) is 58.2 Å². The van der Waals surface area contributed by atoms with E-state index in [1.165, 1.54) is 0 Å². The molecule has 2 N–H and O–H groups in total. The van der Waals surface area contributed by atoms with Gasteiger partial charge >= 0.3 is 0 Å². The van der Waals surface area contributed by atoms with Gasteiger partial charge in [0.1, 0.15) is 5.75 Å². The molecule has 0 aliphatic rings. The van der Waals surface area contributed by atoms with Crippen LogP contribution in [0.25, 0.3) is 0 Å². The van der Waals surface area contributed by atoms with Gasteiger partial charge in [-0.2, -0.15) is 0 Å². The Balaban J connectivity index is 2.55. The van der Waals surface area contributed by atoms with Gasteiger partial charge in [0.15, 0.2) is 0 Å². The smallest absolute Gasteiger partial charge is 0.138 e. The molecule has 0 bridgehead atoms. The zero-order valence-electron chi connectivity index (χ0n) is 11.1. The highest BCUT2D eigenvalue weighted by atomic mass is 79.9. The van der Waals surface area contributed by atoms with Gasteiger partial charge in [-0.1, -0.05) is 33.6 Å². The molecule has 0 spiro atoms. The zero-order chi connectivity index (χ0) is 14.9. The minimum Gasteiger partial charge on any atom is -0.495 e. The quantitative estimate of drug-likeness (QED) is 0.739. The first-order valence-corrected chi connectivity index (χ1v) is 7.94. The van der Waals surface area contributed by atoms with Gasteiger partial charge in [-0.15, -0.1) is 0 Å². The predicted octanol–water partition coefficient (Wildman–Crippen LogP) is 5.23. The number of aryl methyl sites for hydroxylation is 1. The van der Waals surface area contributed by atoms with Crippen molar-refractivity contribution in [1.29, 1.82) is 0 Å². The predicted molar refractivity (Wildman–Crippen MR) is 90.6 cm³/mol. The van der Waals surface area contributed by atoms with Crippen molar-refractivity contribution in [2.24, 2.45) is 5.73 Å². The molecular weight excluding hydrogens is 405 g/mol. The topological polar surface area (TPSA) is 35.2 Å². The summed E-state index contributed by atoms with van der Waals surface area (Å²) in [5.74, 6) is 0.708. The van der Waals surface area contributed by atoms with E-state index in [0.717, 1.165) is 25.6 Å². The van der Waals surface area contributed by atoms with Crippen molar-refractivity contribution in [3.8, 4) is 5.75 Å². The molecule has 0 fully saturated rings. The monoisotopic (exact) mass is 417 g/mol. The van der Waals surface area contributed by atoms with E-state index in [-0.39, 0.29) is 6.04 Å². The van der Waals surface area contributed by atoms with Crippen LogP contribution in [0.2, 0.25) is 5.02 Å². The van der Waals surface area contributed by atoms with Crippen LogP contribution in [-0.4, -0.2) is 7.11 Å². The van der Waals surface area contributed by atoms with E-state index in [2.05, 4.69) is 37.9 Å². The van der Waals surface area contributed by atoms with Crippen LogP contribution in [0.3, 0.4) is 0 Å². The molecule has 0 saturated heterocycles. The molecule has 2 rings (SSSR count). The summed E-state index contributed by atoms with van der Waals surface area (Å²) in [6.07, 6.45) is 0. The molecule has 2 nitrogen and oxygen atoms in total.